The van der Waals surface area contributed by atoms with Crippen LogP contribution >= 0.6 is 0 Å². The number of nitro benzene ring substituents is 1. The lowest BCUT2D eigenvalue weighted by Crippen LogP contribution is -2.28. The molecule has 35 heavy (non-hydrogen) atoms. The third-order valence-electron chi connectivity index (χ3n) is 5.61. The summed E-state index contributed by atoms with van der Waals surface area (Å²) in [5.74, 6) is -0.899. The summed E-state index contributed by atoms with van der Waals surface area (Å²) in [5.41, 5.74) is 5.43. The first-order chi connectivity index (χ1) is 16.9. The third-order valence-corrected chi connectivity index (χ3v) is 5.61. The SMILES string of the molecule is CC(=NNC(=O)C(c1ccccc1)c1ccccc1)c1c(C)[nH]n(-c2ccc([N+](=O)[O-])cc2)c1=O. The van der Waals surface area contributed by atoms with E-state index in [1.807, 2.05) is 60.7 Å². The minimum absolute atomic E-state index is 0.0721. The molecule has 0 atom stereocenters. The summed E-state index contributed by atoms with van der Waals surface area (Å²) in [6.07, 6.45) is 0. The first kappa shape index (κ1) is 23.4. The van der Waals surface area contributed by atoms with Gasteiger partial charge in [0, 0.05) is 17.8 Å². The number of H-pyrrole nitrogens is 1. The fourth-order valence-electron chi connectivity index (χ4n) is 3.92. The van der Waals surface area contributed by atoms with Gasteiger partial charge in [-0.2, -0.15) is 5.10 Å². The number of benzene rings is 3. The molecule has 9 nitrogen and oxygen atoms in total. The Balaban J connectivity index is 1.61. The summed E-state index contributed by atoms with van der Waals surface area (Å²) >= 11 is 0. The number of nitrogens with zero attached hydrogens (tertiary/aromatic N) is 3. The Morgan fingerprint density at radius 2 is 1.51 bits per heavy atom. The fourth-order valence-corrected chi connectivity index (χ4v) is 3.92. The maximum atomic E-state index is 13.2. The van der Waals surface area contributed by atoms with Gasteiger partial charge in [0.25, 0.3) is 17.2 Å². The van der Waals surface area contributed by atoms with Crippen molar-refractivity contribution < 1.29 is 9.72 Å². The number of nitro groups is 1. The Morgan fingerprint density at radius 3 is 2.03 bits per heavy atom. The van der Waals surface area contributed by atoms with Crippen molar-refractivity contribution in [3.63, 3.8) is 0 Å². The van der Waals surface area contributed by atoms with E-state index < -0.39 is 10.8 Å². The Kier molecular flexibility index (Phi) is 6.68. The second-order valence-corrected chi connectivity index (χ2v) is 7.95. The van der Waals surface area contributed by atoms with E-state index in [4.69, 9.17) is 0 Å². The van der Waals surface area contributed by atoms with Gasteiger partial charge in [0.1, 0.15) is 0 Å². The average molecular weight is 470 g/mol. The number of nitrogens with one attached hydrogen (secondary N) is 2. The van der Waals surface area contributed by atoms with Gasteiger partial charge in [-0.05, 0) is 37.1 Å². The summed E-state index contributed by atoms with van der Waals surface area (Å²) < 4.78 is 1.28. The maximum Gasteiger partial charge on any atom is 0.280 e. The number of aromatic nitrogens is 2. The second kappa shape index (κ2) is 10.0. The Bertz CT molecular complexity index is 1400. The van der Waals surface area contributed by atoms with Crippen LogP contribution in [0.3, 0.4) is 0 Å². The molecule has 0 fully saturated rings. The van der Waals surface area contributed by atoms with Crippen molar-refractivity contribution in [2.45, 2.75) is 19.8 Å². The van der Waals surface area contributed by atoms with Crippen molar-refractivity contribution in [3.8, 4) is 5.69 Å². The van der Waals surface area contributed by atoms with Gasteiger partial charge in [-0.15, -0.1) is 0 Å². The highest BCUT2D eigenvalue weighted by atomic mass is 16.6. The highest BCUT2D eigenvalue weighted by molar-refractivity contribution is 6.00. The maximum absolute atomic E-state index is 13.2. The average Bonchev–Trinajstić information content (AvgIpc) is 3.17. The number of aryl methyl sites for hydroxylation is 1. The summed E-state index contributed by atoms with van der Waals surface area (Å²) in [6, 6.07) is 24.4. The first-order valence-electron chi connectivity index (χ1n) is 10.9. The number of amides is 1. The number of carbonyl (C=O) groups excluding carboxylic acids is 1. The van der Waals surface area contributed by atoms with E-state index in [-0.39, 0.29) is 17.2 Å². The molecule has 176 valence electrons. The topological polar surface area (TPSA) is 122 Å². The molecule has 0 aliphatic heterocycles. The van der Waals surface area contributed by atoms with Crippen molar-refractivity contribution in [2.24, 2.45) is 5.10 Å². The third kappa shape index (κ3) is 4.93. The van der Waals surface area contributed by atoms with Gasteiger partial charge in [-0.1, -0.05) is 60.7 Å². The molecule has 0 aliphatic carbocycles. The quantitative estimate of drug-likeness (QED) is 0.241. The van der Waals surface area contributed by atoms with Gasteiger partial charge in [0.05, 0.1) is 27.8 Å². The van der Waals surface area contributed by atoms with Crippen LogP contribution in [0.5, 0.6) is 0 Å². The van der Waals surface area contributed by atoms with Crippen molar-refractivity contribution in [2.75, 3.05) is 0 Å². The second-order valence-electron chi connectivity index (χ2n) is 7.95. The van der Waals surface area contributed by atoms with Gasteiger partial charge in [-0.25, -0.2) is 10.1 Å². The molecule has 0 saturated heterocycles. The molecule has 0 bridgehead atoms. The summed E-state index contributed by atoms with van der Waals surface area (Å²) in [4.78, 5) is 36.7. The summed E-state index contributed by atoms with van der Waals surface area (Å²) in [5, 5.41) is 18.1. The standard InChI is InChI=1S/C26H23N5O4/c1-17(23-18(2)29-30(26(23)33)21-13-15-22(16-14-21)31(34)35)27-28-25(32)24(19-9-5-3-6-10-19)20-11-7-4-8-12-20/h3-16,24,29H,1-2H3,(H,28,32). The zero-order chi connectivity index (χ0) is 24.9. The number of aromatic amines is 1. The largest absolute Gasteiger partial charge is 0.295 e. The Morgan fingerprint density at radius 1 is 0.971 bits per heavy atom. The van der Waals surface area contributed by atoms with Gasteiger partial charge in [0.2, 0.25) is 0 Å². The van der Waals surface area contributed by atoms with Crippen LogP contribution in [0.4, 0.5) is 5.69 Å². The van der Waals surface area contributed by atoms with Crippen LogP contribution < -0.4 is 11.0 Å². The van der Waals surface area contributed by atoms with Gasteiger partial charge in [0.15, 0.2) is 0 Å². The predicted octanol–water partition coefficient (Wildman–Crippen LogP) is 4.05. The van der Waals surface area contributed by atoms with Crippen molar-refractivity contribution in [3.05, 3.63) is 128 Å². The van der Waals surface area contributed by atoms with Gasteiger partial charge in [-0.3, -0.25) is 24.8 Å². The lowest BCUT2D eigenvalue weighted by molar-refractivity contribution is -0.384. The van der Waals surface area contributed by atoms with Crippen LogP contribution in [0.15, 0.2) is 94.8 Å². The monoisotopic (exact) mass is 469 g/mol. The number of rotatable bonds is 7. The van der Waals surface area contributed by atoms with E-state index >= 15 is 0 Å². The Hall–Kier alpha value is -4.79. The molecule has 0 spiro atoms. The molecule has 0 saturated carbocycles. The van der Waals surface area contributed by atoms with E-state index in [9.17, 15) is 19.7 Å². The highest BCUT2D eigenvalue weighted by Gasteiger charge is 2.23. The van der Waals surface area contributed by atoms with E-state index in [0.29, 0.717) is 22.7 Å². The number of carbonyl (C=O) groups is 1. The van der Waals surface area contributed by atoms with Crippen molar-refractivity contribution >= 4 is 17.3 Å². The lowest BCUT2D eigenvalue weighted by atomic mass is 9.91. The Labute approximate surface area is 200 Å². The summed E-state index contributed by atoms with van der Waals surface area (Å²) in [6.45, 7) is 3.36. The van der Waals surface area contributed by atoms with Crippen molar-refractivity contribution in [1.29, 1.82) is 0 Å². The zero-order valence-electron chi connectivity index (χ0n) is 19.1. The molecule has 4 rings (SSSR count). The molecular weight excluding hydrogens is 446 g/mol. The van der Waals surface area contributed by atoms with Gasteiger partial charge >= 0.3 is 0 Å². The lowest BCUT2D eigenvalue weighted by Gasteiger charge is -2.16. The molecule has 0 aliphatic rings. The first-order valence-corrected chi connectivity index (χ1v) is 10.9. The number of hydrogen-bond acceptors (Lipinski definition) is 5. The van der Waals surface area contributed by atoms with E-state index in [1.54, 1.807) is 13.8 Å². The fraction of sp³-hybridized carbons (Fsp3) is 0.115. The van der Waals surface area contributed by atoms with Crippen LogP contribution in [0.1, 0.15) is 35.2 Å². The van der Waals surface area contributed by atoms with Crippen molar-refractivity contribution in [1.82, 2.24) is 15.2 Å². The van der Waals surface area contributed by atoms with Gasteiger partial charge < -0.3 is 0 Å². The minimum Gasteiger partial charge on any atom is -0.295 e. The molecule has 3 aromatic carbocycles. The zero-order valence-corrected chi connectivity index (χ0v) is 19.1. The van der Waals surface area contributed by atoms with Crippen LogP contribution in [0.2, 0.25) is 0 Å². The number of hydrogen-bond donors (Lipinski definition) is 2. The van der Waals surface area contributed by atoms with Crippen LogP contribution in [-0.4, -0.2) is 26.3 Å². The van der Waals surface area contributed by atoms with Crippen LogP contribution in [-0.2, 0) is 4.79 Å². The predicted molar refractivity (Wildman–Crippen MR) is 133 cm³/mol. The molecule has 1 aromatic heterocycles. The number of hydrazone groups is 1. The molecular formula is C26H23N5O4. The van der Waals surface area contributed by atoms with E-state index in [0.717, 1.165) is 11.1 Å². The molecule has 0 radical (unpaired) electrons. The van der Waals surface area contributed by atoms with E-state index in [2.05, 4.69) is 15.6 Å². The van der Waals surface area contributed by atoms with E-state index in [1.165, 1.54) is 28.9 Å². The molecule has 4 aromatic rings. The normalized spacial score (nSPS) is 11.5. The molecule has 9 heteroatoms. The molecule has 1 heterocycles. The van der Waals surface area contributed by atoms with Crippen LogP contribution in [0, 0.1) is 17.0 Å². The number of non-ortho nitro benzene ring substituents is 1. The smallest absolute Gasteiger partial charge is 0.280 e. The molecule has 0 unspecified atom stereocenters. The molecule has 1 amide bonds. The highest BCUT2D eigenvalue weighted by Crippen LogP contribution is 2.24. The minimum atomic E-state index is -0.571. The summed E-state index contributed by atoms with van der Waals surface area (Å²) in [7, 11) is 0. The van der Waals surface area contributed by atoms with Crippen LogP contribution in [0.25, 0.3) is 5.69 Å². The molecule has 2 N–H and O–H groups in total.